The van der Waals surface area contributed by atoms with Crippen LogP contribution in [0.1, 0.15) is 12.5 Å². The first-order valence-corrected chi connectivity index (χ1v) is 3.37. The van der Waals surface area contributed by atoms with E-state index in [-0.39, 0.29) is 5.95 Å². The summed E-state index contributed by atoms with van der Waals surface area (Å²) in [5.41, 5.74) is 6.00. The van der Waals surface area contributed by atoms with E-state index in [4.69, 9.17) is 10.5 Å². The molecule has 12 heavy (non-hydrogen) atoms. The molecule has 0 bridgehead atoms. The summed E-state index contributed by atoms with van der Waals surface area (Å²) in [7, 11) is 1.52. The average molecular weight is 163 g/mol. The number of nitrogen functional groups attached to an aromatic ring is 1. The number of rotatable bonds is 1. The van der Waals surface area contributed by atoms with E-state index in [2.05, 4.69) is 21.8 Å². The molecule has 0 aliphatic carbocycles. The molecule has 1 rings (SSSR count). The maximum absolute atomic E-state index is 5.35. The van der Waals surface area contributed by atoms with Crippen molar-refractivity contribution in [1.29, 1.82) is 0 Å². The molecule has 0 amide bonds. The van der Waals surface area contributed by atoms with Gasteiger partial charge < -0.3 is 10.5 Å². The van der Waals surface area contributed by atoms with Crippen molar-refractivity contribution in [3.05, 3.63) is 11.8 Å². The summed E-state index contributed by atoms with van der Waals surface area (Å²) in [5.74, 6) is 6.13. The quantitative estimate of drug-likeness (QED) is 0.610. The molecular formula is C8H9N3O. The topological polar surface area (TPSA) is 61.0 Å². The van der Waals surface area contributed by atoms with Gasteiger partial charge in [-0.05, 0) is 6.92 Å². The van der Waals surface area contributed by atoms with E-state index < -0.39 is 0 Å². The largest absolute Gasteiger partial charge is 0.480 e. The Morgan fingerprint density at radius 2 is 2.33 bits per heavy atom. The number of aromatic nitrogens is 2. The Labute approximate surface area is 70.8 Å². The van der Waals surface area contributed by atoms with Gasteiger partial charge in [-0.1, -0.05) is 5.92 Å². The molecule has 62 valence electrons. The highest BCUT2D eigenvalue weighted by molar-refractivity contribution is 5.42. The van der Waals surface area contributed by atoms with Crippen LogP contribution < -0.4 is 10.5 Å². The van der Waals surface area contributed by atoms with Crippen LogP contribution in [0.25, 0.3) is 0 Å². The molecule has 0 aliphatic heterocycles. The maximum atomic E-state index is 5.35. The molecule has 0 fully saturated rings. The zero-order valence-corrected chi connectivity index (χ0v) is 6.96. The van der Waals surface area contributed by atoms with Crippen molar-refractivity contribution >= 4 is 5.95 Å². The van der Waals surface area contributed by atoms with Crippen LogP contribution in [0.2, 0.25) is 0 Å². The fourth-order valence-electron chi connectivity index (χ4n) is 0.755. The van der Waals surface area contributed by atoms with E-state index in [9.17, 15) is 0 Å². The summed E-state index contributed by atoms with van der Waals surface area (Å²) >= 11 is 0. The second kappa shape index (κ2) is 3.58. The minimum Gasteiger partial charge on any atom is -0.480 e. The Balaban J connectivity index is 3.17. The van der Waals surface area contributed by atoms with Gasteiger partial charge in [-0.25, -0.2) is 4.98 Å². The molecule has 0 radical (unpaired) electrons. The molecule has 0 aliphatic rings. The fourth-order valence-corrected chi connectivity index (χ4v) is 0.755. The fraction of sp³-hybridized carbons (Fsp3) is 0.250. The van der Waals surface area contributed by atoms with E-state index in [0.29, 0.717) is 11.4 Å². The smallest absolute Gasteiger partial charge is 0.234 e. The predicted molar refractivity (Wildman–Crippen MR) is 45.5 cm³/mol. The number of nitrogens with zero attached hydrogens (tertiary/aromatic N) is 2. The Morgan fingerprint density at radius 3 is 2.92 bits per heavy atom. The molecule has 0 saturated heterocycles. The number of anilines is 1. The standard InChI is InChI=1S/C8H9N3O/c1-3-4-6-5-10-8(9)11-7(6)12-2/h5H,1-2H3,(H2,9,10,11). The van der Waals surface area contributed by atoms with Crippen LogP contribution in [0.5, 0.6) is 5.88 Å². The van der Waals surface area contributed by atoms with Gasteiger partial charge in [-0.15, -0.1) is 5.92 Å². The van der Waals surface area contributed by atoms with Crippen LogP contribution in [-0.2, 0) is 0 Å². The van der Waals surface area contributed by atoms with Gasteiger partial charge in [-0.2, -0.15) is 4.98 Å². The summed E-state index contributed by atoms with van der Waals surface area (Å²) in [4.78, 5) is 7.64. The summed E-state index contributed by atoms with van der Waals surface area (Å²) < 4.78 is 4.95. The van der Waals surface area contributed by atoms with E-state index >= 15 is 0 Å². The van der Waals surface area contributed by atoms with Gasteiger partial charge in [-0.3, -0.25) is 0 Å². The Kier molecular flexibility index (Phi) is 2.49. The van der Waals surface area contributed by atoms with E-state index in [0.717, 1.165) is 0 Å². The van der Waals surface area contributed by atoms with E-state index in [1.807, 2.05) is 0 Å². The summed E-state index contributed by atoms with van der Waals surface area (Å²) in [6.07, 6.45) is 1.54. The first kappa shape index (κ1) is 8.34. The van der Waals surface area contributed by atoms with Crippen molar-refractivity contribution in [2.24, 2.45) is 0 Å². The first-order chi connectivity index (χ1) is 5.77. The Hall–Kier alpha value is -1.76. The minimum atomic E-state index is 0.188. The van der Waals surface area contributed by atoms with Crippen molar-refractivity contribution < 1.29 is 4.74 Å². The lowest BCUT2D eigenvalue weighted by atomic mass is 10.3. The molecule has 1 aromatic rings. The second-order valence-electron chi connectivity index (χ2n) is 2.03. The SMILES string of the molecule is CC#Cc1cnc(N)nc1OC. The minimum absolute atomic E-state index is 0.188. The number of hydrogen-bond donors (Lipinski definition) is 1. The number of hydrogen-bond acceptors (Lipinski definition) is 4. The monoisotopic (exact) mass is 163 g/mol. The van der Waals surface area contributed by atoms with Crippen LogP contribution in [-0.4, -0.2) is 17.1 Å². The van der Waals surface area contributed by atoms with Crippen LogP contribution >= 0.6 is 0 Å². The lowest BCUT2D eigenvalue weighted by Gasteiger charge is -2.00. The maximum Gasteiger partial charge on any atom is 0.234 e. The van der Waals surface area contributed by atoms with Crippen molar-refractivity contribution in [3.8, 4) is 17.7 Å². The first-order valence-electron chi connectivity index (χ1n) is 3.37. The lowest BCUT2D eigenvalue weighted by molar-refractivity contribution is 0.396. The molecule has 4 nitrogen and oxygen atoms in total. The molecule has 1 aromatic heterocycles. The lowest BCUT2D eigenvalue weighted by Crippen LogP contribution is -1.99. The zero-order chi connectivity index (χ0) is 8.97. The van der Waals surface area contributed by atoms with E-state index in [1.54, 1.807) is 6.92 Å². The molecule has 0 atom stereocenters. The van der Waals surface area contributed by atoms with Gasteiger partial charge in [0.1, 0.15) is 5.56 Å². The highest BCUT2D eigenvalue weighted by atomic mass is 16.5. The third-order valence-corrected chi connectivity index (χ3v) is 1.23. The van der Waals surface area contributed by atoms with Crippen molar-refractivity contribution in [2.75, 3.05) is 12.8 Å². The summed E-state index contributed by atoms with van der Waals surface area (Å²) in [6, 6.07) is 0. The van der Waals surface area contributed by atoms with E-state index in [1.165, 1.54) is 13.3 Å². The molecule has 0 aromatic carbocycles. The molecule has 0 spiro atoms. The molecule has 1 heterocycles. The highest BCUT2D eigenvalue weighted by Crippen LogP contribution is 2.12. The highest BCUT2D eigenvalue weighted by Gasteiger charge is 2.01. The van der Waals surface area contributed by atoms with Crippen LogP contribution in [0.4, 0.5) is 5.95 Å². The van der Waals surface area contributed by atoms with Crippen molar-refractivity contribution in [2.45, 2.75) is 6.92 Å². The number of methoxy groups -OCH3 is 1. The molecule has 0 unspecified atom stereocenters. The van der Waals surface area contributed by atoms with Crippen LogP contribution in [0, 0.1) is 11.8 Å². The number of nitrogens with two attached hydrogens (primary N) is 1. The van der Waals surface area contributed by atoms with Crippen LogP contribution in [0.15, 0.2) is 6.20 Å². The van der Waals surface area contributed by atoms with Crippen molar-refractivity contribution in [3.63, 3.8) is 0 Å². The molecule has 2 N–H and O–H groups in total. The third kappa shape index (κ3) is 1.64. The Bertz CT molecular complexity index is 338. The van der Waals surface area contributed by atoms with Gasteiger partial charge in [0, 0.05) is 0 Å². The van der Waals surface area contributed by atoms with Gasteiger partial charge in [0.15, 0.2) is 0 Å². The number of ether oxygens (including phenoxy) is 1. The van der Waals surface area contributed by atoms with Crippen LogP contribution in [0.3, 0.4) is 0 Å². The Morgan fingerprint density at radius 1 is 1.58 bits per heavy atom. The molecule has 0 saturated carbocycles. The van der Waals surface area contributed by atoms with Gasteiger partial charge in [0.05, 0.1) is 13.3 Å². The zero-order valence-electron chi connectivity index (χ0n) is 6.96. The molecular weight excluding hydrogens is 154 g/mol. The summed E-state index contributed by atoms with van der Waals surface area (Å²) in [5, 5.41) is 0. The van der Waals surface area contributed by atoms with Crippen molar-refractivity contribution in [1.82, 2.24) is 9.97 Å². The van der Waals surface area contributed by atoms with Gasteiger partial charge in [0.2, 0.25) is 11.8 Å². The molecule has 4 heteroatoms. The van der Waals surface area contributed by atoms with Gasteiger partial charge in [0.25, 0.3) is 0 Å². The predicted octanol–water partition coefficient (Wildman–Crippen LogP) is 0.439. The van der Waals surface area contributed by atoms with Gasteiger partial charge >= 0.3 is 0 Å². The third-order valence-electron chi connectivity index (χ3n) is 1.23. The normalized spacial score (nSPS) is 8.50. The average Bonchev–Trinajstić information content (AvgIpc) is 2.08. The summed E-state index contributed by atoms with van der Waals surface area (Å²) in [6.45, 7) is 1.73. The second-order valence-corrected chi connectivity index (χ2v) is 2.03.